The average Bonchev–Trinajstić information content (AvgIpc) is 3.10. The van der Waals surface area contributed by atoms with E-state index in [0.717, 1.165) is 5.56 Å². The Kier molecular flexibility index (Phi) is 5.12. The molecule has 0 bridgehead atoms. The lowest BCUT2D eigenvalue weighted by Crippen LogP contribution is -2.17. The van der Waals surface area contributed by atoms with E-state index in [1.54, 1.807) is 49.4 Å². The van der Waals surface area contributed by atoms with E-state index in [2.05, 4.69) is 10.5 Å². The fourth-order valence-electron chi connectivity index (χ4n) is 2.66. The van der Waals surface area contributed by atoms with Gasteiger partial charge in [0.15, 0.2) is 0 Å². The third-order valence-electron chi connectivity index (χ3n) is 4.03. The molecule has 0 fully saturated rings. The molecular formula is C20H17N3O4. The lowest BCUT2D eigenvalue weighted by molar-refractivity contribution is -0.385. The Hall–Kier alpha value is -3.74. The van der Waals surface area contributed by atoms with Crippen LogP contribution < -0.4 is 5.43 Å². The molecule has 0 spiro atoms. The number of furan rings is 1. The number of hydrogen-bond donors (Lipinski definition) is 1. The topological polar surface area (TPSA) is 97.7 Å². The maximum Gasteiger partial charge on any atom is 0.273 e. The van der Waals surface area contributed by atoms with Crippen LogP contribution in [-0.2, 0) is 0 Å². The van der Waals surface area contributed by atoms with Crippen molar-refractivity contribution < 1.29 is 14.1 Å². The molecule has 1 N–H and O–H groups in total. The van der Waals surface area contributed by atoms with Crippen LogP contribution in [0.5, 0.6) is 0 Å². The van der Waals surface area contributed by atoms with Crippen LogP contribution in [-0.4, -0.2) is 17.0 Å². The van der Waals surface area contributed by atoms with Gasteiger partial charge in [0.1, 0.15) is 11.5 Å². The minimum Gasteiger partial charge on any atom is -0.455 e. The molecule has 3 aromatic rings. The van der Waals surface area contributed by atoms with E-state index in [1.165, 1.54) is 12.3 Å². The molecule has 3 rings (SSSR count). The Morgan fingerprint density at radius 3 is 2.67 bits per heavy atom. The predicted molar refractivity (Wildman–Crippen MR) is 102 cm³/mol. The number of benzene rings is 2. The number of nitro benzene ring substituents is 1. The number of nitrogens with one attached hydrogen (secondary N) is 1. The molecular weight excluding hydrogens is 346 g/mol. The lowest BCUT2D eigenvalue weighted by Gasteiger charge is -2.03. The second kappa shape index (κ2) is 7.65. The summed E-state index contributed by atoms with van der Waals surface area (Å²) < 4.78 is 5.67. The van der Waals surface area contributed by atoms with E-state index in [0.29, 0.717) is 28.2 Å². The van der Waals surface area contributed by atoms with E-state index in [9.17, 15) is 14.9 Å². The van der Waals surface area contributed by atoms with Crippen molar-refractivity contribution in [3.63, 3.8) is 0 Å². The van der Waals surface area contributed by atoms with Crippen LogP contribution in [0.15, 0.2) is 64.1 Å². The van der Waals surface area contributed by atoms with Crippen LogP contribution in [0.1, 0.15) is 27.2 Å². The highest BCUT2D eigenvalue weighted by molar-refractivity contribution is 5.94. The number of aryl methyl sites for hydroxylation is 1. The summed E-state index contributed by atoms with van der Waals surface area (Å²) in [7, 11) is 0. The second-order valence-corrected chi connectivity index (χ2v) is 5.98. The van der Waals surface area contributed by atoms with Gasteiger partial charge in [-0.2, -0.15) is 5.10 Å². The van der Waals surface area contributed by atoms with Crippen LogP contribution in [0.25, 0.3) is 11.3 Å². The molecule has 136 valence electrons. The predicted octanol–water partition coefficient (Wildman–Crippen LogP) is 4.24. The maximum atomic E-state index is 12.0. The summed E-state index contributed by atoms with van der Waals surface area (Å²) in [5.41, 5.74) is 5.12. The van der Waals surface area contributed by atoms with Crippen LogP contribution in [0, 0.1) is 24.0 Å². The van der Waals surface area contributed by atoms with Crippen molar-refractivity contribution in [2.24, 2.45) is 5.10 Å². The molecule has 0 atom stereocenters. The van der Waals surface area contributed by atoms with Crippen molar-refractivity contribution in [2.75, 3.05) is 0 Å². The Morgan fingerprint density at radius 1 is 1.15 bits per heavy atom. The third-order valence-corrected chi connectivity index (χ3v) is 4.03. The zero-order valence-electron chi connectivity index (χ0n) is 14.8. The molecule has 1 heterocycles. The average molecular weight is 363 g/mol. The third kappa shape index (κ3) is 4.09. The fourth-order valence-corrected chi connectivity index (χ4v) is 2.66. The number of rotatable bonds is 5. The Labute approximate surface area is 155 Å². The number of amides is 1. The zero-order valence-corrected chi connectivity index (χ0v) is 14.8. The Balaban J connectivity index is 1.73. The summed E-state index contributed by atoms with van der Waals surface area (Å²) in [4.78, 5) is 22.7. The van der Waals surface area contributed by atoms with Gasteiger partial charge >= 0.3 is 0 Å². The lowest BCUT2D eigenvalue weighted by atomic mass is 10.1. The van der Waals surface area contributed by atoms with Crippen molar-refractivity contribution in [3.8, 4) is 11.3 Å². The minimum atomic E-state index is -0.426. The molecule has 0 aliphatic heterocycles. The number of hydrazone groups is 1. The molecule has 2 aromatic carbocycles. The largest absolute Gasteiger partial charge is 0.455 e. The number of hydrogen-bond acceptors (Lipinski definition) is 5. The SMILES string of the molecule is Cc1cccc(C(=O)N/N=C\c2ccc(-c3cccc([N+](=O)[O-])c3C)o2)c1. The van der Waals surface area contributed by atoms with Gasteiger partial charge in [-0.15, -0.1) is 0 Å². The van der Waals surface area contributed by atoms with Gasteiger partial charge in [0, 0.05) is 22.8 Å². The van der Waals surface area contributed by atoms with Gasteiger partial charge in [-0.1, -0.05) is 29.8 Å². The van der Waals surface area contributed by atoms with Crippen molar-refractivity contribution in [2.45, 2.75) is 13.8 Å². The highest BCUT2D eigenvalue weighted by Crippen LogP contribution is 2.30. The molecule has 0 unspecified atom stereocenters. The van der Waals surface area contributed by atoms with Crippen molar-refractivity contribution in [3.05, 3.63) is 87.2 Å². The van der Waals surface area contributed by atoms with E-state index in [1.807, 2.05) is 13.0 Å². The van der Waals surface area contributed by atoms with Gasteiger partial charge in [0.05, 0.1) is 11.1 Å². The molecule has 0 aliphatic carbocycles. The normalized spacial score (nSPS) is 10.9. The number of carbonyl (C=O) groups is 1. The molecule has 7 nitrogen and oxygen atoms in total. The van der Waals surface area contributed by atoms with Crippen LogP contribution in [0.2, 0.25) is 0 Å². The first-order valence-corrected chi connectivity index (χ1v) is 8.20. The van der Waals surface area contributed by atoms with Gasteiger partial charge in [-0.05, 0) is 38.1 Å². The summed E-state index contributed by atoms with van der Waals surface area (Å²) in [6.45, 7) is 3.58. The monoisotopic (exact) mass is 363 g/mol. The maximum absolute atomic E-state index is 12.0. The summed E-state index contributed by atoms with van der Waals surface area (Å²) in [6.07, 6.45) is 1.38. The molecule has 0 radical (unpaired) electrons. The van der Waals surface area contributed by atoms with Crippen molar-refractivity contribution in [1.82, 2.24) is 5.43 Å². The molecule has 7 heteroatoms. The van der Waals surface area contributed by atoms with Gasteiger partial charge in [-0.3, -0.25) is 14.9 Å². The highest BCUT2D eigenvalue weighted by atomic mass is 16.6. The van der Waals surface area contributed by atoms with E-state index in [-0.39, 0.29) is 11.6 Å². The first kappa shape index (κ1) is 18.1. The van der Waals surface area contributed by atoms with Gasteiger partial charge < -0.3 is 4.42 Å². The van der Waals surface area contributed by atoms with Crippen molar-refractivity contribution >= 4 is 17.8 Å². The summed E-state index contributed by atoms with van der Waals surface area (Å²) in [6, 6.07) is 15.4. The zero-order chi connectivity index (χ0) is 19.4. The molecule has 0 saturated heterocycles. The fraction of sp³-hybridized carbons (Fsp3) is 0.100. The Morgan fingerprint density at radius 2 is 1.93 bits per heavy atom. The Bertz CT molecular complexity index is 1040. The smallest absolute Gasteiger partial charge is 0.273 e. The van der Waals surface area contributed by atoms with E-state index in [4.69, 9.17) is 4.42 Å². The standard InChI is InChI=1S/C20H17N3O4/c1-13-5-3-6-15(11-13)20(24)22-21-12-16-9-10-19(27-16)17-7-4-8-18(14(17)2)23(25)26/h3-12H,1-2H3,(H,22,24)/b21-12-. The van der Waals surface area contributed by atoms with Gasteiger partial charge in [0.2, 0.25) is 0 Å². The number of carbonyl (C=O) groups excluding carboxylic acids is 1. The van der Waals surface area contributed by atoms with E-state index < -0.39 is 4.92 Å². The quantitative estimate of drug-likeness (QED) is 0.416. The van der Waals surface area contributed by atoms with E-state index >= 15 is 0 Å². The molecule has 1 aromatic heterocycles. The molecule has 27 heavy (non-hydrogen) atoms. The van der Waals surface area contributed by atoms with Gasteiger partial charge in [0.25, 0.3) is 11.6 Å². The summed E-state index contributed by atoms with van der Waals surface area (Å²) in [5, 5.41) is 15.0. The highest BCUT2D eigenvalue weighted by Gasteiger charge is 2.16. The first-order valence-electron chi connectivity index (χ1n) is 8.20. The summed E-state index contributed by atoms with van der Waals surface area (Å²) >= 11 is 0. The molecule has 1 amide bonds. The minimum absolute atomic E-state index is 0.0320. The first-order chi connectivity index (χ1) is 13.0. The van der Waals surface area contributed by atoms with Gasteiger partial charge in [-0.25, -0.2) is 5.43 Å². The summed E-state index contributed by atoms with van der Waals surface area (Å²) in [5.74, 6) is 0.583. The van der Waals surface area contributed by atoms with Crippen LogP contribution in [0.3, 0.4) is 0 Å². The molecule has 0 aliphatic rings. The molecule has 0 saturated carbocycles. The number of nitro groups is 1. The van der Waals surface area contributed by atoms with Crippen LogP contribution >= 0.6 is 0 Å². The van der Waals surface area contributed by atoms with Crippen molar-refractivity contribution in [1.29, 1.82) is 0 Å². The van der Waals surface area contributed by atoms with Crippen LogP contribution in [0.4, 0.5) is 5.69 Å². The number of nitrogens with zero attached hydrogens (tertiary/aromatic N) is 2. The second-order valence-electron chi connectivity index (χ2n) is 5.98.